The number of nitrogens with one attached hydrogen (secondary N) is 3. The van der Waals surface area contributed by atoms with Crippen LogP contribution in [0, 0.1) is 0 Å². The number of rotatable bonds is 3. The van der Waals surface area contributed by atoms with Crippen molar-refractivity contribution >= 4 is 17.1 Å². The van der Waals surface area contributed by atoms with E-state index in [-0.39, 0.29) is 5.91 Å². The Labute approximate surface area is 143 Å². The first kappa shape index (κ1) is 15.1. The van der Waals surface area contributed by atoms with Gasteiger partial charge >= 0.3 is 0 Å². The third-order valence-electron chi connectivity index (χ3n) is 3.91. The molecule has 0 bridgehead atoms. The van der Waals surface area contributed by atoms with Crippen molar-refractivity contribution in [2.24, 2.45) is 0 Å². The molecule has 124 valence electrons. The summed E-state index contributed by atoms with van der Waals surface area (Å²) in [6.07, 6.45) is 7.10. The van der Waals surface area contributed by atoms with Gasteiger partial charge in [0.2, 0.25) is 0 Å². The van der Waals surface area contributed by atoms with Crippen LogP contribution in [0.1, 0.15) is 17.3 Å². The Morgan fingerprint density at radius 3 is 2.84 bits per heavy atom. The summed E-state index contributed by atoms with van der Waals surface area (Å²) >= 11 is 0. The monoisotopic (exact) mass is 332 g/mol. The molecule has 0 fully saturated rings. The van der Waals surface area contributed by atoms with Crippen LogP contribution in [0.25, 0.3) is 22.7 Å². The molecule has 0 atom stereocenters. The molecular weight excluding hydrogens is 316 g/mol. The van der Waals surface area contributed by atoms with Crippen LogP contribution in [-0.4, -0.2) is 32.4 Å². The van der Waals surface area contributed by atoms with Gasteiger partial charge in [-0.05, 0) is 37.3 Å². The molecule has 0 unspecified atom stereocenters. The van der Waals surface area contributed by atoms with Gasteiger partial charge in [0.1, 0.15) is 5.69 Å². The van der Waals surface area contributed by atoms with Gasteiger partial charge in [-0.1, -0.05) is 6.07 Å². The van der Waals surface area contributed by atoms with Crippen molar-refractivity contribution in [3.8, 4) is 11.5 Å². The zero-order chi connectivity index (χ0) is 17.2. The number of hydrogen-bond acceptors (Lipinski definition) is 5. The molecule has 0 aliphatic carbocycles. The molecule has 3 N–H and O–H groups in total. The third kappa shape index (κ3) is 2.99. The fourth-order valence-corrected chi connectivity index (χ4v) is 2.60. The van der Waals surface area contributed by atoms with Gasteiger partial charge in [0, 0.05) is 23.8 Å². The summed E-state index contributed by atoms with van der Waals surface area (Å²) in [6, 6.07) is 7.25. The van der Waals surface area contributed by atoms with Crippen LogP contribution >= 0.6 is 0 Å². The Bertz CT molecular complexity index is 1000. The first-order valence-corrected chi connectivity index (χ1v) is 7.89. The number of imidazole rings is 1. The molecular formula is C18H16N6O. The van der Waals surface area contributed by atoms with Crippen LogP contribution in [-0.2, 0) is 0 Å². The van der Waals surface area contributed by atoms with Crippen LogP contribution < -0.4 is 10.6 Å². The second-order valence-electron chi connectivity index (χ2n) is 5.71. The smallest absolute Gasteiger partial charge is 0.257 e. The van der Waals surface area contributed by atoms with E-state index in [1.807, 2.05) is 37.3 Å². The molecule has 0 saturated heterocycles. The molecule has 0 radical (unpaired) electrons. The highest BCUT2D eigenvalue weighted by Gasteiger charge is 2.16. The van der Waals surface area contributed by atoms with Gasteiger partial charge in [-0.3, -0.25) is 9.78 Å². The minimum atomic E-state index is -0.204. The second-order valence-corrected chi connectivity index (χ2v) is 5.71. The van der Waals surface area contributed by atoms with Gasteiger partial charge in [-0.2, -0.15) is 0 Å². The average molecular weight is 332 g/mol. The van der Waals surface area contributed by atoms with E-state index in [1.54, 1.807) is 18.5 Å². The summed E-state index contributed by atoms with van der Waals surface area (Å²) in [5.74, 6) is 0.380. The molecule has 3 aromatic heterocycles. The lowest BCUT2D eigenvalue weighted by molar-refractivity contribution is 0.0966. The van der Waals surface area contributed by atoms with E-state index in [0.717, 1.165) is 11.4 Å². The van der Waals surface area contributed by atoms with E-state index in [1.165, 1.54) is 0 Å². The van der Waals surface area contributed by atoms with Crippen molar-refractivity contribution in [3.63, 3.8) is 0 Å². The number of nitrogens with zero attached hydrogens (tertiary/aromatic N) is 3. The van der Waals surface area contributed by atoms with Crippen molar-refractivity contribution in [2.45, 2.75) is 6.92 Å². The Morgan fingerprint density at radius 2 is 2.08 bits per heavy atom. The summed E-state index contributed by atoms with van der Waals surface area (Å²) < 4.78 is 0. The molecule has 1 aliphatic heterocycles. The quantitative estimate of drug-likeness (QED) is 0.683. The lowest BCUT2D eigenvalue weighted by Crippen LogP contribution is -2.31. The largest absolute Gasteiger partial charge is 0.383 e. The number of amides is 1. The molecule has 4 heterocycles. The Kier molecular flexibility index (Phi) is 3.74. The second kappa shape index (κ2) is 6.20. The number of carbonyl (C=O) groups excluding carboxylic acids is 1. The van der Waals surface area contributed by atoms with Crippen LogP contribution in [0.2, 0.25) is 0 Å². The predicted octanol–water partition coefficient (Wildman–Crippen LogP) is 2.14. The molecule has 4 rings (SSSR count). The van der Waals surface area contributed by atoms with Crippen molar-refractivity contribution in [1.29, 1.82) is 0 Å². The molecule has 25 heavy (non-hydrogen) atoms. The van der Waals surface area contributed by atoms with E-state index < -0.39 is 0 Å². The zero-order valence-electron chi connectivity index (χ0n) is 13.6. The predicted molar refractivity (Wildman–Crippen MR) is 94.4 cm³/mol. The van der Waals surface area contributed by atoms with E-state index >= 15 is 0 Å². The number of fused-ring (bicyclic) bond motifs is 1. The molecule has 1 aliphatic rings. The highest BCUT2D eigenvalue weighted by molar-refractivity contribution is 6.05. The summed E-state index contributed by atoms with van der Waals surface area (Å²) in [7, 11) is 0. The van der Waals surface area contributed by atoms with Crippen molar-refractivity contribution in [3.05, 3.63) is 65.8 Å². The zero-order valence-corrected chi connectivity index (χ0v) is 13.6. The number of H-pyrrole nitrogens is 1. The Hall–Kier alpha value is -3.48. The maximum absolute atomic E-state index is 12.7. The summed E-state index contributed by atoms with van der Waals surface area (Å²) in [5, 5.41) is 6.11. The maximum Gasteiger partial charge on any atom is 0.257 e. The molecule has 3 aromatic rings. The Balaban J connectivity index is 1.68. The fourth-order valence-electron chi connectivity index (χ4n) is 2.60. The number of hydrogen-bond donors (Lipinski definition) is 3. The average Bonchev–Trinajstić information content (AvgIpc) is 3.08. The molecule has 1 amide bonds. The van der Waals surface area contributed by atoms with Gasteiger partial charge in [-0.25, -0.2) is 9.97 Å². The molecule has 7 nitrogen and oxygen atoms in total. The fraction of sp³-hybridized carbons (Fsp3) is 0.111. The molecule has 0 aromatic carbocycles. The normalized spacial score (nSPS) is 13.8. The van der Waals surface area contributed by atoms with Crippen LogP contribution in [0.15, 0.2) is 60.2 Å². The van der Waals surface area contributed by atoms with Gasteiger partial charge in [-0.15, -0.1) is 0 Å². The lowest BCUT2D eigenvalue weighted by Gasteiger charge is -2.15. The molecule has 0 spiro atoms. The van der Waals surface area contributed by atoms with E-state index in [2.05, 4.69) is 30.6 Å². The van der Waals surface area contributed by atoms with Crippen molar-refractivity contribution in [2.75, 3.05) is 6.54 Å². The first-order valence-electron chi connectivity index (χ1n) is 7.89. The van der Waals surface area contributed by atoms with Gasteiger partial charge in [0.15, 0.2) is 11.5 Å². The van der Waals surface area contributed by atoms with Crippen LogP contribution in [0.5, 0.6) is 0 Å². The number of allylic oxidation sites excluding steroid dienone is 3. The van der Waals surface area contributed by atoms with Crippen LogP contribution in [0.3, 0.4) is 0 Å². The van der Waals surface area contributed by atoms with E-state index in [9.17, 15) is 4.79 Å². The third-order valence-corrected chi connectivity index (χ3v) is 3.91. The SMILES string of the molecule is CC1=CC=C(NC(=O)c2ccnc3nc(-c4ccccn4)[nH]c23)CN1. The topological polar surface area (TPSA) is 95.6 Å². The van der Waals surface area contributed by atoms with Crippen LogP contribution in [0.4, 0.5) is 0 Å². The minimum Gasteiger partial charge on any atom is -0.383 e. The summed E-state index contributed by atoms with van der Waals surface area (Å²) in [4.78, 5) is 28.8. The molecule has 0 saturated carbocycles. The summed E-state index contributed by atoms with van der Waals surface area (Å²) in [6.45, 7) is 2.57. The molecule has 7 heteroatoms. The first-order chi connectivity index (χ1) is 12.2. The summed E-state index contributed by atoms with van der Waals surface area (Å²) in [5.41, 5.74) is 4.15. The van der Waals surface area contributed by atoms with E-state index in [0.29, 0.717) is 34.8 Å². The Morgan fingerprint density at radius 1 is 1.16 bits per heavy atom. The van der Waals surface area contributed by atoms with Crippen molar-refractivity contribution < 1.29 is 4.79 Å². The minimum absolute atomic E-state index is 0.204. The number of pyridine rings is 2. The van der Waals surface area contributed by atoms with Gasteiger partial charge in [0.05, 0.1) is 17.6 Å². The van der Waals surface area contributed by atoms with Crippen molar-refractivity contribution in [1.82, 2.24) is 30.6 Å². The standard InChI is InChI=1S/C18H16N6O/c1-11-5-6-12(10-21-11)22-18(25)13-7-9-20-17-15(13)23-16(24-17)14-4-2-3-8-19-14/h2-9,21H,10H2,1H3,(H,22,25)(H,20,23,24). The highest BCUT2D eigenvalue weighted by Crippen LogP contribution is 2.20. The van der Waals surface area contributed by atoms with E-state index in [4.69, 9.17) is 0 Å². The van der Waals surface area contributed by atoms with Gasteiger partial charge < -0.3 is 15.6 Å². The number of carbonyl (C=O) groups is 1. The number of aromatic nitrogens is 4. The highest BCUT2D eigenvalue weighted by atomic mass is 16.1. The number of aromatic amines is 1. The number of dihydropyridines is 1. The lowest BCUT2D eigenvalue weighted by atomic mass is 10.2. The maximum atomic E-state index is 12.7. The van der Waals surface area contributed by atoms with Gasteiger partial charge in [0.25, 0.3) is 5.91 Å².